The minimum atomic E-state index is -0.218. The Morgan fingerprint density at radius 3 is 2.20 bits per heavy atom. The number of hydrogen-bond acceptors (Lipinski definition) is 3. The second-order valence-corrected chi connectivity index (χ2v) is 5.63. The van der Waals surface area contributed by atoms with Crippen molar-refractivity contribution in [1.82, 2.24) is 0 Å². The van der Waals surface area contributed by atoms with E-state index in [0.717, 1.165) is 19.3 Å². The molecule has 0 aliphatic rings. The van der Waals surface area contributed by atoms with Gasteiger partial charge in [0.05, 0.1) is 12.2 Å². The first kappa shape index (κ1) is 14.9. The minimum absolute atomic E-state index is 0.162. The highest BCUT2D eigenvalue weighted by molar-refractivity contribution is 4.81. The monoisotopic (exact) mass is 216 g/mol. The van der Waals surface area contributed by atoms with Crippen LogP contribution in [0.15, 0.2) is 0 Å². The summed E-state index contributed by atoms with van der Waals surface area (Å²) in [5.74, 6) is 0. The van der Waals surface area contributed by atoms with Crippen LogP contribution in [0.3, 0.4) is 0 Å². The van der Waals surface area contributed by atoms with E-state index in [9.17, 15) is 0 Å². The summed E-state index contributed by atoms with van der Waals surface area (Å²) in [4.78, 5) is 0. The number of hydrogen-bond donors (Lipinski definition) is 2. The fourth-order valence-electron chi connectivity index (χ4n) is 1.84. The average molecular weight is 216 g/mol. The maximum atomic E-state index is 6.11. The van der Waals surface area contributed by atoms with Crippen LogP contribution < -0.4 is 11.5 Å². The minimum Gasteiger partial charge on any atom is -0.374 e. The Hall–Kier alpha value is -0.120. The molecule has 15 heavy (non-hydrogen) atoms. The lowest BCUT2D eigenvalue weighted by molar-refractivity contribution is -0.0481. The van der Waals surface area contributed by atoms with Gasteiger partial charge in [0.1, 0.15) is 0 Å². The van der Waals surface area contributed by atoms with E-state index in [1.807, 2.05) is 13.8 Å². The molecule has 3 heteroatoms. The smallest absolute Gasteiger partial charge is 0.0650 e. The molecule has 0 bridgehead atoms. The van der Waals surface area contributed by atoms with E-state index in [-0.39, 0.29) is 17.2 Å². The summed E-state index contributed by atoms with van der Waals surface area (Å²) in [6.07, 6.45) is 2.93. The standard InChI is InChI=1S/C12H28N2O/c1-6-7-12(5,14)9-15-11(3,4)8-10(2)13/h10H,6-9,13-14H2,1-5H3. The maximum absolute atomic E-state index is 6.11. The van der Waals surface area contributed by atoms with Crippen LogP contribution in [-0.4, -0.2) is 23.8 Å². The molecular weight excluding hydrogens is 188 g/mol. The zero-order valence-electron chi connectivity index (χ0n) is 11.0. The van der Waals surface area contributed by atoms with Crippen LogP contribution in [0.4, 0.5) is 0 Å². The Morgan fingerprint density at radius 2 is 1.80 bits per heavy atom. The topological polar surface area (TPSA) is 61.3 Å². The number of rotatable bonds is 7. The van der Waals surface area contributed by atoms with E-state index in [4.69, 9.17) is 16.2 Å². The molecule has 0 rings (SSSR count). The zero-order chi connectivity index (χ0) is 12.1. The third kappa shape index (κ3) is 7.77. The first-order valence-corrected chi connectivity index (χ1v) is 5.87. The molecule has 0 heterocycles. The quantitative estimate of drug-likeness (QED) is 0.684. The van der Waals surface area contributed by atoms with Gasteiger partial charge in [-0.05, 0) is 40.5 Å². The van der Waals surface area contributed by atoms with Gasteiger partial charge in [0, 0.05) is 11.6 Å². The van der Waals surface area contributed by atoms with Gasteiger partial charge in [0.2, 0.25) is 0 Å². The van der Waals surface area contributed by atoms with Gasteiger partial charge in [-0.25, -0.2) is 0 Å². The van der Waals surface area contributed by atoms with Gasteiger partial charge in [-0.1, -0.05) is 13.3 Å². The fraction of sp³-hybridized carbons (Fsp3) is 1.00. The van der Waals surface area contributed by atoms with Crippen LogP contribution in [0.1, 0.15) is 53.9 Å². The molecule has 0 spiro atoms. The average Bonchev–Trinajstić information content (AvgIpc) is 1.99. The predicted octanol–water partition coefficient (Wildman–Crippen LogP) is 2.04. The Bertz CT molecular complexity index is 176. The zero-order valence-corrected chi connectivity index (χ0v) is 11.0. The largest absolute Gasteiger partial charge is 0.374 e. The van der Waals surface area contributed by atoms with E-state index in [0.29, 0.717) is 6.61 Å². The molecule has 0 saturated carbocycles. The van der Waals surface area contributed by atoms with E-state index < -0.39 is 0 Å². The molecule has 0 fully saturated rings. The van der Waals surface area contributed by atoms with Crippen molar-refractivity contribution in [1.29, 1.82) is 0 Å². The molecule has 0 aliphatic carbocycles. The summed E-state index contributed by atoms with van der Waals surface area (Å²) in [5.41, 5.74) is 11.5. The van der Waals surface area contributed by atoms with Crippen LogP contribution in [-0.2, 0) is 4.74 Å². The van der Waals surface area contributed by atoms with Crippen LogP contribution in [0.5, 0.6) is 0 Å². The second-order valence-electron chi connectivity index (χ2n) is 5.63. The molecule has 0 aliphatic heterocycles. The van der Waals surface area contributed by atoms with Gasteiger partial charge in [-0.2, -0.15) is 0 Å². The predicted molar refractivity (Wildman–Crippen MR) is 65.8 cm³/mol. The van der Waals surface area contributed by atoms with Crippen LogP contribution >= 0.6 is 0 Å². The highest BCUT2D eigenvalue weighted by Crippen LogP contribution is 2.19. The molecular formula is C12H28N2O. The van der Waals surface area contributed by atoms with Crippen molar-refractivity contribution >= 4 is 0 Å². The van der Waals surface area contributed by atoms with Crippen molar-refractivity contribution in [2.45, 2.75) is 71.1 Å². The van der Waals surface area contributed by atoms with Gasteiger partial charge < -0.3 is 16.2 Å². The van der Waals surface area contributed by atoms with Crippen molar-refractivity contribution in [3.63, 3.8) is 0 Å². The van der Waals surface area contributed by atoms with E-state index >= 15 is 0 Å². The molecule has 92 valence electrons. The van der Waals surface area contributed by atoms with Gasteiger partial charge in [-0.15, -0.1) is 0 Å². The number of nitrogens with two attached hydrogens (primary N) is 2. The molecule has 0 radical (unpaired) electrons. The van der Waals surface area contributed by atoms with E-state index in [2.05, 4.69) is 20.8 Å². The van der Waals surface area contributed by atoms with Crippen LogP contribution in [0, 0.1) is 0 Å². The third-order valence-electron chi connectivity index (χ3n) is 2.43. The summed E-state index contributed by atoms with van der Waals surface area (Å²) >= 11 is 0. The summed E-state index contributed by atoms with van der Waals surface area (Å²) in [6.45, 7) is 10.9. The summed E-state index contributed by atoms with van der Waals surface area (Å²) < 4.78 is 5.85. The van der Waals surface area contributed by atoms with Crippen molar-refractivity contribution < 1.29 is 4.74 Å². The summed E-state index contributed by atoms with van der Waals surface area (Å²) in [6, 6.07) is 0.162. The Kier molecular flexibility index (Phi) is 5.78. The lowest BCUT2D eigenvalue weighted by atomic mass is 9.96. The van der Waals surface area contributed by atoms with Gasteiger partial charge in [0.15, 0.2) is 0 Å². The molecule has 0 aromatic carbocycles. The van der Waals surface area contributed by atoms with Crippen molar-refractivity contribution in [3.05, 3.63) is 0 Å². The van der Waals surface area contributed by atoms with Gasteiger partial charge in [-0.3, -0.25) is 0 Å². The summed E-state index contributed by atoms with van der Waals surface area (Å²) in [5, 5.41) is 0. The molecule has 0 saturated heterocycles. The van der Waals surface area contributed by atoms with Crippen molar-refractivity contribution in [2.75, 3.05) is 6.61 Å². The summed E-state index contributed by atoms with van der Waals surface area (Å²) in [7, 11) is 0. The molecule has 0 amide bonds. The normalized spacial score (nSPS) is 18.6. The third-order valence-corrected chi connectivity index (χ3v) is 2.43. The van der Waals surface area contributed by atoms with E-state index in [1.165, 1.54) is 0 Å². The Morgan fingerprint density at radius 1 is 1.27 bits per heavy atom. The second kappa shape index (κ2) is 5.83. The first-order chi connectivity index (χ1) is 6.68. The van der Waals surface area contributed by atoms with Crippen LogP contribution in [0.25, 0.3) is 0 Å². The molecule has 2 atom stereocenters. The van der Waals surface area contributed by atoms with Crippen LogP contribution in [0.2, 0.25) is 0 Å². The molecule has 0 aromatic rings. The van der Waals surface area contributed by atoms with Crippen molar-refractivity contribution in [2.24, 2.45) is 11.5 Å². The Labute approximate surface area is 94.5 Å². The van der Waals surface area contributed by atoms with Gasteiger partial charge in [0.25, 0.3) is 0 Å². The van der Waals surface area contributed by atoms with Gasteiger partial charge >= 0.3 is 0 Å². The lowest BCUT2D eigenvalue weighted by Crippen LogP contribution is -2.45. The lowest BCUT2D eigenvalue weighted by Gasteiger charge is -2.32. The van der Waals surface area contributed by atoms with Crippen molar-refractivity contribution in [3.8, 4) is 0 Å². The highest BCUT2D eigenvalue weighted by atomic mass is 16.5. The molecule has 0 aromatic heterocycles. The maximum Gasteiger partial charge on any atom is 0.0650 e. The Balaban J connectivity index is 4.01. The first-order valence-electron chi connectivity index (χ1n) is 5.87. The van der Waals surface area contributed by atoms with E-state index in [1.54, 1.807) is 0 Å². The molecule has 4 N–H and O–H groups in total. The molecule has 2 unspecified atom stereocenters. The SMILES string of the molecule is CCCC(C)(N)COC(C)(C)CC(C)N. The fourth-order valence-corrected chi connectivity index (χ4v) is 1.84. The molecule has 3 nitrogen and oxygen atoms in total. The highest BCUT2D eigenvalue weighted by Gasteiger charge is 2.25. The number of ether oxygens (including phenoxy) is 1.